The summed E-state index contributed by atoms with van der Waals surface area (Å²) in [6.45, 7) is 4.59. The molecule has 0 aromatic heterocycles. The van der Waals surface area contributed by atoms with E-state index in [9.17, 15) is 14.9 Å². The maximum atomic E-state index is 12.0. The quantitative estimate of drug-likeness (QED) is 0.437. The van der Waals surface area contributed by atoms with Gasteiger partial charge in [-0.1, -0.05) is 17.7 Å². The van der Waals surface area contributed by atoms with Gasteiger partial charge in [-0.05, 0) is 38.1 Å². The number of hydrogen-bond acceptors (Lipinski definition) is 5. The molecular weight excluding hydrogens is 322 g/mol. The van der Waals surface area contributed by atoms with Crippen LogP contribution in [0.4, 0.5) is 11.4 Å². The zero-order chi connectivity index (χ0) is 18.2. The SMILES string of the molecule is Cc1ccc(OC(C)C(=O)NCCNc2ccc([N+](=O)[O-])cc2)cc1. The standard InChI is InChI=1S/C18H21N3O4/c1-13-3-9-17(10-4-13)25-14(2)18(22)20-12-11-19-15-5-7-16(8-6-15)21(23)24/h3-10,14,19H,11-12H2,1-2H3,(H,20,22). The number of nitro benzene ring substituents is 1. The molecule has 0 aliphatic rings. The highest BCUT2D eigenvalue weighted by atomic mass is 16.6. The lowest BCUT2D eigenvalue weighted by Gasteiger charge is -2.15. The first-order valence-electron chi connectivity index (χ1n) is 7.95. The van der Waals surface area contributed by atoms with Crippen molar-refractivity contribution in [1.82, 2.24) is 5.32 Å². The number of rotatable bonds is 8. The van der Waals surface area contributed by atoms with Crippen molar-refractivity contribution < 1.29 is 14.5 Å². The van der Waals surface area contributed by atoms with E-state index < -0.39 is 11.0 Å². The summed E-state index contributed by atoms with van der Waals surface area (Å²) < 4.78 is 5.59. The number of nitrogens with one attached hydrogen (secondary N) is 2. The van der Waals surface area contributed by atoms with E-state index in [-0.39, 0.29) is 11.6 Å². The van der Waals surface area contributed by atoms with Crippen molar-refractivity contribution in [3.63, 3.8) is 0 Å². The number of non-ortho nitro benzene ring substituents is 1. The Balaban J connectivity index is 1.70. The summed E-state index contributed by atoms with van der Waals surface area (Å²) in [5, 5.41) is 16.4. The van der Waals surface area contributed by atoms with Crippen LogP contribution in [0, 0.1) is 17.0 Å². The van der Waals surface area contributed by atoms with Crippen molar-refractivity contribution in [3.8, 4) is 5.75 Å². The molecule has 0 aliphatic carbocycles. The number of anilines is 1. The van der Waals surface area contributed by atoms with Gasteiger partial charge in [0.1, 0.15) is 5.75 Å². The summed E-state index contributed by atoms with van der Waals surface area (Å²) >= 11 is 0. The van der Waals surface area contributed by atoms with Gasteiger partial charge < -0.3 is 15.4 Å². The summed E-state index contributed by atoms with van der Waals surface area (Å²) in [4.78, 5) is 22.1. The van der Waals surface area contributed by atoms with Gasteiger partial charge in [0.15, 0.2) is 6.10 Å². The molecule has 0 fully saturated rings. The van der Waals surface area contributed by atoms with E-state index in [1.807, 2.05) is 31.2 Å². The average molecular weight is 343 g/mol. The molecule has 1 amide bonds. The number of benzene rings is 2. The summed E-state index contributed by atoms with van der Waals surface area (Å²) in [6.07, 6.45) is -0.595. The molecule has 2 aromatic carbocycles. The van der Waals surface area contributed by atoms with Crippen LogP contribution in [0.25, 0.3) is 0 Å². The smallest absolute Gasteiger partial charge is 0.269 e. The Morgan fingerprint density at radius 3 is 2.36 bits per heavy atom. The minimum Gasteiger partial charge on any atom is -0.481 e. The predicted octanol–water partition coefficient (Wildman–Crippen LogP) is 2.90. The maximum absolute atomic E-state index is 12.0. The molecule has 7 nitrogen and oxygen atoms in total. The Morgan fingerprint density at radius 2 is 1.76 bits per heavy atom. The first kappa shape index (κ1) is 18.3. The van der Waals surface area contributed by atoms with Gasteiger partial charge in [-0.25, -0.2) is 0 Å². The molecule has 25 heavy (non-hydrogen) atoms. The summed E-state index contributed by atoms with van der Waals surface area (Å²) in [6, 6.07) is 13.6. The summed E-state index contributed by atoms with van der Waals surface area (Å²) in [7, 11) is 0. The van der Waals surface area contributed by atoms with Crippen molar-refractivity contribution in [2.24, 2.45) is 0 Å². The minimum atomic E-state index is -0.595. The number of ether oxygens (including phenoxy) is 1. The minimum absolute atomic E-state index is 0.0425. The zero-order valence-electron chi connectivity index (χ0n) is 14.2. The topological polar surface area (TPSA) is 93.5 Å². The predicted molar refractivity (Wildman–Crippen MR) is 95.9 cm³/mol. The highest BCUT2D eigenvalue weighted by molar-refractivity contribution is 5.80. The normalized spacial score (nSPS) is 11.4. The van der Waals surface area contributed by atoms with Crippen LogP contribution in [0.1, 0.15) is 12.5 Å². The monoisotopic (exact) mass is 343 g/mol. The van der Waals surface area contributed by atoms with Gasteiger partial charge in [-0.2, -0.15) is 0 Å². The van der Waals surface area contributed by atoms with Gasteiger partial charge in [0.25, 0.3) is 11.6 Å². The maximum Gasteiger partial charge on any atom is 0.269 e. The van der Waals surface area contributed by atoms with Crippen LogP contribution in [-0.2, 0) is 4.79 Å². The lowest BCUT2D eigenvalue weighted by atomic mass is 10.2. The van der Waals surface area contributed by atoms with Crippen LogP contribution in [0.3, 0.4) is 0 Å². The Hall–Kier alpha value is -3.09. The Morgan fingerprint density at radius 1 is 1.12 bits per heavy atom. The summed E-state index contributed by atoms with van der Waals surface area (Å²) in [5.41, 5.74) is 1.92. The van der Waals surface area contributed by atoms with Gasteiger partial charge in [0.2, 0.25) is 0 Å². The Labute approximate surface area is 146 Å². The molecule has 0 saturated carbocycles. The molecule has 2 rings (SSSR count). The lowest BCUT2D eigenvalue weighted by molar-refractivity contribution is -0.384. The highest BCUT2D eigenvalue weighted by Gasteiger charge is 2.13. The zero-order valence-corrected chi connectivity index (χ0v) is 14.2. The van der Waals surface area contributed by atoms with Crippen molar-refractivity contribution in [2.75, 3.05) is 18.4 Å². The van der Waals surface area contributed by atoms with Crippen LogP contribution in [-0.4, -0.2) is 30.0 Å². The number of carbonyl (C=O) groups is 1. The number of nitrogens with zero attached hydrogens (tertiary/aromatic N) is 1. The van der Waals surface area contributed by atoms with E-state index in [4.69, 9.17) is 4.74 Å². The van der Waals surface area contributed by atoms with Crippen LogP contribution in [0.15, 0.2) is 48.5 Å². The number of carbonyl (C=O) groups excluding carboxylic acids is 1. The second-order valence-electron chi connectivity index (χ2n) is 5.59. The van der Waals surface area contributed by atoms with E-state index >= 15 is 0 Å². The number of amides is 1. The Kier molecular flexibility index (Phi) is 6.33. The molecule has 1 atom stereocenters. The molecule has 2 aromatic rings. The van der Waals surface area contributed by atoms with Gasteiger partial charge >= 0.3 is 0 Å². The third-order valence-corrected chi connectivity index (χ3v) is 3.53. The molecule has 0 bridgehead atoms. The molecular formula is C18H21N3O4. The summed E-state index contributed by atoms with van der Waals surface area (Å²) in [5.74, 6) is 0.448. The Bertz CT molecular complexity index is 714. The van der Waals surface area contributed by atoms with Gasteiger partial charge in [0, 0.05) is 30.9 Å². The largest absolute Gasteiger partial charge is 0.481 e. The van der Waals surface area contributed by atoms with Crippen molar-refractivity contribution in [1.29, 1.82) is 0 Å². The molecule has 0 spiro atoms. The molecule has 132 valence electrons. The highest BCUT2D eigenvalue weighted by Crippen LogP contribution is 2.15. The van der Waals surface area contributed by atoms with E-state index in [2.05, 4.69) is 10.6 Å². The van der Waals surface area contributed by atoms with Crippen LogP contribution < -0.4 is 15.4 Å². The van der Waals surface area contributed by atoms with E-state index in [1.54, 1.807) is 19.1 Å². The van der Waals surface area contributed by atoms with Crippen LogP contribution in [0.2, 0.25) is 0 Å². The molecule has 7 heteroatoms. The molecule has 2 N–H and O–H groups in total. The van der Waals surface area contributed by atoms with E-state index in [1.165, 1.54) is 12.1 Å². The van der Waals surface area contributed by atoms with Gasteiger partial charge in [-0.15, -0.1) is 0 Å². The third-order valence-electron chi connectivity index (χ3n) is 3.53. The first-order chi connectivity index (χ1) is 12.0. The van der Waals surface area contributed by atoms with Crippen molar-refractivity contribution in [3.05, 3.63) is 64.2 Å². The van der Waals surface area contributed by atoms with Crippen LogP contribution >= 0.6 is 0 Å². The van der Waals surface area contributed by atoms with Crippen molar-refractivity contribution >= 4 is 17.3 Å². The molecule has 0 saturated heterocycles. The first-order valence-corrected chi connectivity index (χ1v) is 7.95. The fourth-order valence-electron chi connectivity index (χ4n) is 2.11. The second-order valence-corrected chi connectivity index (χ2v) is 5.59. The fraction of sp³-hybridized carbons (Fsp3) is 0.278. The number of hydrogen-bond donors (Lipinski definition) is 2. The van der Waals surface area contributed by atoms with Crippen LogP contribution in [0.5, 0.6) is 5.75 Å². The average Bonchev–Trinajstić information content (AvgIpc) is 2.60. The lowest BCUT2D eigenvalue weighted by Crippen LogP contribution is -2.38. The number of nitro groups is 1. The third kappa shape index (κ3) is 5.80. The molecule has 0 radical (unpaired) electrons. The molecule has 0 heterocycles. The van der Waals surface area contributed by atoms with Gasteiger partial charge in [-0.3, -0.25) is 14.9 Å². The fourth-order valence-corrected chi connectivity index (χ4v) is 2.11. The van der Waals surface area contributed by atoms with E-state index in [0.717, 1.165) is 11.3 Å². The number of aryl methyl sites for hydroxylation is 1. The second kappa shape index (κ2) is 8.68. The van der Waals surface area contributed by atoms with Crippen molar-refractivity contribution in [2.45, 2.75) is 20.0 Å². The molecule has 1 unspecified atom stereocenters. The van der Waals surface area contributed by atoms with E-state index in [0.29, 0.717) is 18.8 Å². The van der Waals surface area contributed by atoms with Gasteiger partial charge in [0.05, 0.1) is 4.92 Å². The molecule has 0 aliphatic heterocycles.